The van der Waals surface area contributed by atoms with Crippen LogP contribution in [0.15, 0.2) is 24.3 Å². The summed E-state index contributed by atoms with van der Waals surface area (Å²) in [6.07, 6.45) is 0.907. The maximum Gasteiger partial charge on any atom is 0.258 e. The molecule has 1 aromatic carbocycles. The number of hydrogen-bond acceptors (Lipinski definition) is 3. The van der Waals surface area contributed by atoms with E-state index in [4.69, 9.17) is 10.5 Å². The van der Waals surface area contributed by atoms with Crippen molar-refractivity contribution in [2.45, 2.75) is 26.3 Å². The van der Waals surface area contributed by atoms with Gasteiger partial charge in [0.2, 0.25) is 0 Å². The molecule has 0 aliphatic rings. The van der Waals surface area contributed by atoms with Gasteiger partial charge >= 0.3 is 0 Å². The number of amides is 1. The molecule has 1 rings (SSSR count). The number of rotatable bonds is 5. The van der Waals surface area contributed by atoms with Gasteiger partial charge < -0.3 is 15.8 Å². The maximum absolute atomic E-state index is 11.4. The van der Waals surface area contributed by atoms with Gasteiger partial charge in [-0.3, -0.25) is 4.79 Å². The van der Waals surface area contributed by atoms with Gasteiger partial charge in [0.05, 0.1) is 0 Å². The van der Waals surface area contributed by atoms with Crippen molar-refractivity contribution in [1.82, 2.24) is 5.32 Å². The van der Waals surface area contributed by atoms with Crippen LogP contribution in [0, 0.1) is 0 Å². The van der Waals surface area contributed by atoms with Crippen LogP contribution < -0.4 is 15.8 Å². The molecule has 0 radical (unpaired) electrons. The van der Waals surface area contributed by atoms with Crippen molar-refractivity contribution in [3.63, 3.8) is 0 Å². The monoisotopic (exact) mass is 222 g/mol. The smallest absolute Gasteiger partial charge is 0.258 e. The summed E-state index contributed by atoms with van der Waals surface area (Å²) < 4.78 is 5.30. The van der Waals surface area contributed by atoms with E-state index < -0.39 is 0 Å². The van der Waals surface area contributed by atoms with Gasteiger partial charge in [-0.1, -0.05) is 13.0 Å². The summed E-state index contributed by atoms with van der Waals surface area (Å²) in [5.74, 6) is 0.496. The van der Waals surface area contributed by atoms with Gasteiger partial charge in [-0.15, -0.1) is 0 Å². The quantitative estimate of drug-likeness (QED) is 0.743. The highest BCUT2D eigenvalue weighted by atomic mass is 16.5. The van der Waals surface area contributed by atoms with E-state index in [1.807, 2.05) is 13.8 Å². The van der Waals surface area contributed by atoms with Crippen LogP contribution in [0.25, 0.3) is 0 Å². The predicted octanol–water partition coefficient (Wildman–Crippen LogP) is 1.56. The highest BCUT2D eigenvalue weighted by Gasteiger charge is 2.05. The largest absolute Gasteiger partial charge is 0.484 e. The first kappa shape index (κ1) is 12.4. The fourth-order valence-corrected chi connectivity index (χ4v) is 1.17. The Kier molecular flexibility index (Phi) is 4.64. The standard InChI is InChI=1S/C12H18N2O2/c1-3-9(2)14-12(15)8-16-11-6-4-5-10(13)7-11/h4-7,9H,3,8,13H2,1-2H3,(H,14,15). The minimum atomic E-state index is -0.114. The molecule has 3 N–H and O–H groups in total. The number of hydrogen-bond donors (Lipinski definition) is 2. The van der Waals surface area contributed by atoms with Crippen LogP contribution >= 0.6 is 0 Å². The summed E-state index contributed by atoms with van der Waals surface area (Å²) in [4.78, 5) is 11.4. The van der Waals surface area contributed by atoms with Gasteiger partial charge in [0.15, 0.2) is 6.61 Å². The number of benzene rings is 1. The average Bonchev–Trinajstić information content (AvgIpc) is 2.26. The Bertz CT molecular complexity index is 353. The van der Waals surface area contributed by atoms with Crippen molar-refractivity contribution in [1.29, 1.82) is 0 Å². The molecule has 0 aliphatic heterocycles. The van der Waals surface area contributed by atoms with Gasteiger partial charge in [-0.2, -0.15) is 0 Å². The molecule has 0 heterocycles. The molecule has 0 fully saturated rings. The van der Waals surface area contributed by atoms with Gasteiger partial charge in [0.1, 0.15) is 5.75 Å². The number of anilines is 1. The molecule has 0 saturated carbocycles. The summed E-state index contributed by atoms with van der Waals surface area (Å²) in [6.45, 7) is 4.00. The van der Waals surface area contributed by atoms with E-state index in [0.29, 0.717) is 11.4 Å². The van der Waals surface area contributed by atoms with Crippen LogP contribution in [0.4, 0.5) is 5.69 Å². The van der Waals surface area contributed by atoms with Crippen LogP contribution in [0.5, 0.6) is 5.75 Å². The molecule has 4 nitrogen and oxygen atoms in total. The van der Waals surface area contributed by atoms with Gasteiger partial charge in [-0.05, 0) is 25.5 Å². The maximum atomic E-state index is 11.4. The third-order valence-electron chi connectivity index (χ3n) is 2.25. The number of ether oxygens (including phenoxy) is 1. The average molecular weight is 222 g/mol. The van der Waals surface area contributed by atoms with E-state index in [1.54, 1.807) is 24.3 Å². The van der Waals surface area contributed by atoms with Crippen LogP contribution in [0.2, 0.25) is 0 Å². The minimum absolute atomic E-state index is 0.0216. The topological polar surface area (TPSA) is 64.3 Å². The van der Waals surface area contributed by atoms with E-state index in [2.05, 4.69) is 5.32 Å². The molecule has 16 heavy (non-hydrogen) atoms. The Morgan fingerprint density at radius 1 is 1.56 bits per heavy atom. The number of nitrogens with one attached hydrogen (secondary N) is 1. The van der Waals surface area contributed by atoms with Crippen LogP contribution in [-0.4, -0.2) is 18.6 Å². The Morgan fingerprint density at radius 3 is 2.94 bits per heavy atom. The fraction of sp³-hybridized carbons (Fsp3) is 0.417. The number of nitrogens with two attached hydrogens (primary N) is 1. The summed E-state index contributed by atoms with van der Waals surface area (Å²) in [5.41, 5.74) is 6.21. The molecular weight excluding hydrogens is 204 g/mol. The van der Waals surface area contributed by atoms with Gasteiger partial charge in [0.25, 0.3) is 5.91 Å². The molecule has 88 valence electrons. The zero-order chi connectivity index (χ0) is 12.0. The first-order chi connectivity index (χ1) is 7.61. The summed E-state index contributed by atoms with van der Waals surface area (Å²) in [6, 6.07) is 7.20. The van der Waals surface area contributed by atoms with Crippen molar-refractivity contribution in [3.8, 4) is 5.75 Å². The van der Waals surface area contributed by atoms with Crippen molar-refractivity contribution < 1.29 is 9.53 Å². The first-order valence-electron chi connectivity index (χ1n) is 5.39. The summed E-state index contributed by atoms with van der Waals surface area (Å²) in [5, 5.41) is 2.82. The summed E-state index contributed by atoms with van der Waals surface area (Å²) >= 11 is 0. The zero-order valence-electron chi connectivity index (χ0n) is 9.69. The second kappa shape index (κ2) is 6.00. The fourth-order valence-electron chi connectivity index (χ4n) is 1.17. The third kappa shape index (κ3) is 4.21. The van der Waals surface area contributed by atoms with Gasteiger partial charge in [0, 0.05) is 17.8 Å². The van der Waals surface area contributed by atoms with Crippen molar-refractivity contribution in [3.05, 3.63) is 24.3 Å². The molecule has 0 aromatic heterocycles. The summed E-state index contributed by atoms with van der Waals surface area (Å²) in [7, 11) is 0. The second-order valence-corrected chi connectivity index (χ2v) is 3.74. The van der Waals surface area contributed by atoms with Crippen LogP contribution in [0.3, 0.4) is 0 Å². The van der Waals surface area contributed by atoms with E-state index >= 15 is 0 Å². The van der Waals surface area contributed by atoms with E-state index in [0.717, 1.165) is 6.42 Å². The lowest BCUT2D eigenvalue weighted by Gasteiger charge is -2.12. The van der Waals surface area contributed by atoms with Crippen LogP contribution in [0.1, 0.15) is 20.3 Å². The molecule has 0 saturated heterocycles. The lowest BCUT2D eigenvalue weighted by Crippen LogP contribution is -2.35. The zero-order valence-corrected chi connectivity index (χ0v) is 9.69. The lowest BCUT2D eigenvalue weighted by molar-refractivity contribution is -0.123. The molecule has 4 heteroatoms. The Hall–Kier alpha value is -1.71. The van der Waals surface area contributed by atoms with Crippen molar-refractivity contribution in [2.24, 2.45) is 0 Å². The Balaban J connectivity index is 2.37. The number of carbonyl (C=O) groups excluding carboxylic acids is 1. The molecule has 1 atom stereocenters. The van der Waals surface area contributed by atoms with Crippen LogP contribution in [-0.2, 0) is 4.79 Å². The van der Waals surface area contributed by atoms with E-state index in [1.165, 1.54) is 0 Å². The highest BCUT2D eigenvalue weighted by molar-refractivity contribution is 5.77. The minimum Gasteiger partial charge on any atom is -0.484 e. The molecule has 0 spiro atoms. The molecule has 0 aliphatic carbocycles. The van der Waals surface area contributed by atoms with Crippen molar-refractivity contribution >= 4 is 11.6 Å². The molecule has 1 aromatic rings. The number of carbonyl (C=O) groups is 1. The third-order valence-corrected chi connectivity index (χ3v) is 2.25. The SMILES string of the molecule is CCC(C)NC(=O)COc1cccc(N)c1. The van der Waals surface area contributed by atoms with Gasteiger partial charge in [-0.25, -0.2) is 0 Å². The highest BCUT2D eigenvalue weighted by Crippen LogP contribution is 2.13. The molecular formula is C12H18N2O2. The molecule has 1 unspecified atom stereocenters. The molecule has 0 bridgehead atoms. The van der Waals surface area contributed by atoms with E-state index in [-0.39, 0.29) is 18.6 Å². The Morgan fingerprint density at radius 2 is 2.31 bits per heavy atom. The number of nitrogen functional groups attached to an aromatic ring is 1. The predicted molar refractivity (Wildman–Crippen MR) is 64.2 cm³/mol. The Labute approximate surface area is 95.8 Å². The molecule has 1 amide bonds. The second-order valence-electron chi connectivity index (χ2n) is 3.74. The lowest BCUT2D eigenvalue weighted by atomic mass is 10.2. The first-order valence-corrected chi connectivity index (χ1v) is 5.39. The normalized spacial score (nSPS) is 11.9. The van der Waals surface area contributed by atoms with Crippen molar-refractivity contribution in [2.75, 3.05) is 12.3 Å². The van der Waals surface area contributed by atoms with E-state index in [9.17, 15) is 4.79 Å².